The van der Waals surface area contributed by atoms with Gasteiger partial charge < -0.3 is 4.42 Å². The van der Waals surface area contributed by atoms with Crippen LogP contribution in [0.5, 0.6) is 0 Å². The molecular weight excluding hydrogens is 370 g/mol. The molecule has 26 heavy (non-hydrogen) atoms. The van der Waals surface area contributed by atoms with Gasteiger partial charge in [0.15, 0.2) is 0 Å². The highest BCUT2D eigenvalue weighted by molar-refractivity contribution is 8.00. The summed E-state index contributed by atoms with van der Waals surface area (Å²) in [5.74, 6) is 0.514. The summed E-state index contributed by atoms with van der Waals surface area (Å²) in [5.41, 5.74) is 3.51. The summed E-state index contributed by atoms with van der Waals surface area (Å²) in [7, 11) is 0. The van der Waals surface area contributed by atoms with Crippen LogP contribution in [0.3, 0.4) is 0 Å². The molecule has 0 atom stereocenters. The van der Waals surface area contributed by atoms with Gasteiger partial charge in [-0.05, 0) is 49.2 Å². The summed E-state index contributed by atoms with van der Waals surface area (Å²) in [6.07, 6.45) is 0.536. The van der Waals surface area contributed by atoms with Gasteiger partial charge in [-0.2, -0.15) is 0 Å². The molecular formula is C19H18ClN3O2S. The van der Waals surface area contributed by atoms with E-state index < -0.39 is 0 Å². The molecule has 1 aromatic heterocycles. The Bertz CT molecular complexity index is 909. The zero-order chi connectivity index (χ0) is 18.5. The molecule has 0 aliphatic rings. The van der Waals surface area contributed by atoms with Crippen molar-refractivity contribution in [3.8, 4) is 0 Å². The van der Waals surface area contributed by atoms with Gasteiger partial charge in [0, 0.05) is 9.92 Å². The number of aromatic nitrogens is 2. The van der Waals surface area contributed by atoms with Crippen LogP contribution in [0, 0.1) is 13.8 Å². The van der Waals surface area contributed by atoms with E-state index >= 15 is 0 Å². The minimum atomic E-state index is -0.202. The Balaban J connectivity index is 1.54. The number of amides is 1. The number of hydrogen-bond acceptors (Lipinski definition) is 5. The Kier molecular flexibility index (Phi) is 5.96. The Morgan fingerprint density at radius 2 is 1.92 bits per heavy atom. The Labute approximate surface area is 161 Å². The predicted molar refractivity (Wildman–Crippen MR) is 104 cm³/mol. The fraction of sp³-hybridized carbons (Fsp3) is 0.211. The fourth-order valence-corrected chi connectivity index (χ4v) is 3.24. The van der Waals surface area contributed by atoms with E-state index in [9.17, 15) is 4.79 Å². The minimum absolute atomic E-state index is 0.117. The zero-order valence-electron chi connectivity index (χ0n) is 14.5. The van der Waals surface area contributed by atoms with E-state index in [2.05, 4.69) is 47.6 Å². The highest BCUT2D eigenvalue weighted by Gasteiger charge is 2.11. The van der Waals surface area contributed by atoms with Gasteiger partial charge in [0.1, 0.15) is 0 Å². The quantitative estimate of drug-likeness (QED) is 0.623. The molecule has 0 saturated heterocycles. The van der Waals surface area contributed by atoms with Gasteiger partial charge >= 0.3 is 6.01 Å². The molecule has 0 unspecified atom stereocenters. The summed E-state index contributed by atoms with van der Waals surface area (Å²) in [6.45, 7) is 4.11. The first kappa shape index (κ1) is 18.5. The number of aryl methyl sites for hydroxylation is 2. The van der Waals surface area contributed by atoms with E-state index in [4.69, 9.17) is 16.0 Å². The lowest BCUT2D eigenvalue weighted by atomic mass is 10.0. The average Bonchev–Trinajstić information content (AvgIpc) is 3.04. The third-order valence-corrected chi connectivity index (χ3v) is 5.00. The van der Waals surface area contributed by atoms with Crippen molar-refractivity contribution in [2.24, 2.45) is 0 Å². The number of nitrogens with one attached hydrogen (secondary N) is 1. The zero-order valence-corrected chi connectivity index (χ0v) is 16.0. The predicted octanol–water partition coefficient (Wildman–Crippen LogP) is 4.66. The van der Waals surface area contributed by atoms with Crippen molar-refractivity contribution in [2.75, 3.05) is 11.1 Å². The van der Waals surface area contributed by atoms with E-state index in [0.717, 1.165) is 10.5 Å². The van der Waals surface area contributed by atoms with Crippen LogP contribution >= 0.6 is 23.4 Å². The molecule has 0 fully saturated rings. The van der Waals surface area contributed by atoms with Gasteiger partial charge in [-0.3, -0.25) is 10.1 Å². The molecule has 0 bridgehead atoms. The van der Waals surface area contributed by atoms with Crippen molar-refractivity contribution < 1.29 is 9.21 Å². The number of anilines is 1. The van der Waals surface area contributed by atoms with Gasteiger partial charge in [-0.25, -0.2) is 0 Å². The third kappa shape index (κ3) is 5.09. The minimum Gasteiger partial charge on any atom is -0.407 e. The van der Waals surface area contributed by atoms with E-state index in [1.165, 1.54) is 22.9 Å². The Morgan fingerprint density at radius 3 is 2.65 bits per heavy atom. The molecule has 1 N–H and O–H groups in total. The molecule has 3 aromatic rings. The molecule has 2 aromatic carbocycles. The standard InChI is InChI=1S/C19H18ClN3O2S/c1-12-3-4-14(13(2)9-12)10-18-22-23-19(25-18)21-17(24)11-26-16-7-5-15(20)6-8-16/h3-9H,10-11H2,1-2H3,(H,21,23,24). The molecule has 1 amide bonds. The molecule has 0 saturated carbocycles. The molecule has 0 spiro atoms. The van der Waals surface area contributed by atoms with Crippen LogP contribution in [0.1, 0.15) is 22.6 Å². The van der Waals surface area contributed by atoms with Crippen molar-refractivity contribution in [2.45, 2.75) is 25.2 Å². The van der Waals surface area contributed by atoms with Gasteiger partial charge in [-0.1, -0.05) is 40.5 Å². The van der Waals surface area contributed by atoms with Gasteiger partial charge in [0.05, 0.1) is 12.2 Å². The van der Waals surface area contributed by atoms with E-state index in [1.807, 2.05) is 12.1 Å². The van der Waals surface area contributed by atoms with Gasteiger partial charge in [0.2, 0.25) is 11.8 Å². The lowest BCUT2D eigenvalue weighted by Crippen LogP contribution is -2.14. The molecule has 0 aliphatic heterocycles. The summed E-state index contributed by atoms with van der Waals surface area (Å²) in [5, 5.41) is 11.2. The number of thioether (sulfide) groups is 1. The summed E-state index contributed by atoms with van der Waals surface area (Å²) < 4.78 is 5.53. The van der Waals surface area contributed by atoms with Crippen LogP contribution in [0.15, 0.2) is 51.8 Å². The largest absolute Gasteiger partial charge is 0.407 e. The molecule has 3 rings (SSSR count). The van der Waals surface area contributed by atoms with E-state index in [0.29, 0.717) is 17.3 Å². The topological polar surface area (TPSA) is 68.0 Å². The van der Waals surface area contributed by atoms with Crippen LogP contribution in [0.2, 0.25) is 5.02 Å². The van der Waals surface area contributed by atoms with Crippen molar-refractivity contribution in [1.29, 1.82) is 0 Å². The highest BCUT2D eigenvalue weighted by atomic mass is 35.5. The SMILES string of the molecule is Cc1ccc(Cc2nnc(NC(=O)CSc3ccc(Cl)cc3)o2)c(C)c1. The van der Waals surface area contributed by atoms with Crippen LogP contribution in [0.25, 0.3) is 0 Å². The highest BCUT2D eigenvalue weighted by Crippen LogP contribution is 2.21. The van der Waals surface area contributed by atoms with E-state index in [1.54, 1.807) is 12.1 Å². The molecule has 134 valence electrons. The Hall–Kier alpha value is -2.31. The lowest BCUT2D eigenvalue weighted by Gasteiger charge is -2.04. The lowest BCUT2D eigenvalue weighted by molar-refractivity contribution is -0.113. The average molecular weight is 388 g/mol. The maximum atomic E-state index is 12.0. The van der Waals surface area contributed by atoms with Gasteiger partial charge in [0.25, 0.3) is 0 Å². The monoisotopic (exact) mass is 387 g/mol. The second-order valence-electron chi connectivity index (χ2n) is 5.90. The second-order valence-corrected chi connectivity index (χ2v) is 7.38. The van der Waals surface area contributed by atoms with Crippen LogP contribution in [-0.2, 0) is 11.2 Å². The van der Waals surface area contributed by atoms with Crippen molar-refractivity contribution in [1.82, 2.24) is 10.2 Å². The smallest absolute Gasteiger partial charge is 0.322 e. The van der Waals surface area contributed by atoms with Crippen molar-refractivity contribution in [3.05, 3.63) is 70.1 Å². The van der Waals surface area contributed by atoms with Crippen LogP contribution < -0.4 is 5.32 Å². The number of nitrogens with zero attached hydrogens (tertiary/aromatic N) is 2. The van der Waals surface area contributed by atoms with E-state index in [-0.39, 0.29) is 17.7 Å². The first-order chi connectivity index (χ1) is 12.5. The first-order valence-electron chi connectivity index (χ1n) is 8.06. The number of rotatable bonds is 6. The maximum absolute atomic E-state index is 12.0. The number of carbonyl (C=O) groups is 1. The maximum Gasteiger partial charge on any atom is 0.322 e. The molecule has 0 radical (unpaired) electrons. The fourth-order valence-electron chi connectivity index (χ4n) is 2.42. The van der Waals surface area contributed by atoms with Crippen LogP contribution in [-0.4, -0.2) is 21.9 Å². The van der Waals surface area contributed by atoms with Gasteiger partial charge in [-0.15, -0.1) is 16.9 Å². The number of benzene rings is 2. The molecule has 5 nitrogen and oxygen atoms in total. The summed E-state index contributed by atoms with van der Waals surface area (Å²) in [4.78, 5) is 13.0. The normalized spacial score (nSPS) is 10.7. The summed E-state index contributed by atoms with van der Waals surface area (Å²) in [6, 6.07) is 13.7. The number of hydrogen-bond donors (Lipinski definition) is 1. The third-order valence-electron chi connectivity index (χ3n) is 3.74. The Morgan fingerprint density at radius 1 is 1.15 bits per heavy atom. The number of halogens is 1. The van der Waals surface area contributed by atoms with Crippen LogP contribution in [0.4, 0.5) is 6.01 Å². The molecule has 7 heteroatoms. The van der Waals surface area contributed by atoms with Crippen molar-refractivity contribution in [3.63, 3.8) is 0 Å². The first-order valence-corrected chi connectivity index (χ1v) is 9.42. The molecule has 0 aliphatic carbocycles. The molecule has 1 heterocycles. The second kappa shape index (κ2) is 8.38. The summed E-state index contributed by atoms with van der Waals surface area (Å²) >= 11 is 7.25. The van der Waals surface area contributed by atoms with Crippen molar-refractivity contribution >= 4 is 35.3 Å². The number of carbonyl (C=O) groups excluding carboxylic acids is 1.